The van der Waals surface area contributed by atoms with E-state index in [9.17, 15) is 9.18 Å². The maximum Gasteiger partial charge on any atom is 0.251 e. The highest BCUT2D eigenvalue weighted by Gasteiger charge is 2.42. The van der Waals surface area contributed by atoms with Gasteiger partial charge in [0.15, 0.2) is 17.1 Å². The second-order valence-electron chi connectivity index (χ2n) is 7.72. The molecule has 6 nitrogen and oxygen atoms in total. The number of ether oxygens (including phenoxy) is 2. The quantitative estimate of drug-likeness (QED) is 0.806. The summed E-state index contributed by atoms with van der Waals surface area (Å²) in [6.45, 7) is 6.36. The third kappa shape index (κ3) is 4.52. The maximum absolute atomic E-state index is 13.0. The second kappa shape index (κ2) is 8.39. The van der Waals surface area contributed by atoms with Gasteiger partial charge in [-0.05, 0) is 43.3 Å². The maximum atomic E-state index is 13.0. The molecule has 0 saturated carbocycles. The van der Waals surface area contributed by atoms with Crippen molar-refractivity contribution in [2.75, 3.05) is 39.3 Å². The van der Waals surface area contributed by atoms with Crippen LogP contribution in [0, 0.1) is 5.82 Å². The fraction of sp³-hybridized carbons (Fsp3) is 0.409. The van der Waals surface area contributed by atoms with Crippen LogP contribution in [0.4, 0.5) is 4.39 Å². The van der Waals surface area contributed by atoms with E-state index in [4.69, 9.17) is 9.47 Å². The van der Waals surface area contributed by atoms with E-state index in [1.165, 1.54) is 24.3 Å². The van der Waals surface area contributed by atoms with Gasteiger partial charge in [-0.15, -0.1) is 0 Å². The Hall–Kier alpha value is -2.64. The summed E-state index contributed by atoms with van der Waals surface area (Å²) in [7, 11) is 0. The molecule has 0 radical (unpaired) electrons. The molecule has 2 atom stereocenters. The van der Waals surface area contributed by atoms with Crippen molar-refractivity contribution in [3.05, 3.63) is 59.9 Å². The number of amides is 1. The lowest BCUT2D eigenvalue weighted by Crippen LogP contribution is -2.65. The van der Waals surface area contributed by atoms with Crippen LogP contribution >= 0.6 is 0 Å². The molecule has 2 N–H and O–H groups in total. The first-order chi connectivity index (χ1) is 14.0. The zero-order chi connectivity index (χ0) is 20.3. The van der Waals surface area contributed by atoms with Gasteiger partial charge < -0.3 is 20.1 Å². The van der Waals surface area contributed by atoms with E-state index in [1.54, 1.807) is 0 Å². The molecule has 2 heterocycles. The van der Waals surface area contributed by atoms with Crippen molar-refractivity contribution in [1.29, 1.82) is 0 Å². The summed E-state index contributed by atoms with van der Waals surface area (Å²) in [6.07, 6.45) is 0. The summed E-state index contributed by atoms with van der Waals surface area (Å²) < 4.78 is 25.2. The fourth-order valence-corrected chi connectivity index (χ4v) is 3.78. The lowest BCUT2D eigenvalue weighted by atomic mass is 9.93. The zero-order valence-electron chi connectivity index (χ0n) is 16.5. The van der Waals surface area contributed by atoms with Crippen molar-refractivity contribution in [2.24, 2.45) is 0 Å². The van der Waals surface area contributed by atoms with E-state index in [-0.39, 0.29) is 17.8 Å². The Morgan fingerprint density at radius 2 is 2.00 bits per heavy atom. The molecule has 0 bridgehead atoms. The van der Waals surface area contributed by atoms with E-state index >= 15 is 0 Å². The summed E-state index contributed by atoms with van der Waals surface area (Å²) in [5.41, 5.74) is -0.00628. The third-order valence-electron chi connectivity index (χ3n) is 5.52. The highest BCUT2D eigenvalue weighted by atomic mass is 19.1. The molecule has 2 unspecified atom stereocenters. The topological polar surface area (TPSA) is 62.8 Å². The van der Waals surface area contributed by atoms with Crippen molar-refractivity contribution >= 4 is 5.91 Å². The van der Waals surface area contributed by atoms with Crippen LogP contribution in [-0.2, 0) is 0 Å². The van der Waals surface area contributed by atoms with Gasteiger partial charge in [0, 0.05) is 38.3 Å². The molecule has 1 amide bonds. The van der Waals surface area contributed by atoms with E-state index < -0.39 is 5.60 Å². The minimum atomic E-state index is -0.468. The van der Waals surface area contributed by atoms with Gasteiger partial charge >= 0.3 is 0 Å². The lowest BCUT2D eigenvalue weighted by molar-refractivity contribution is -0.0390. The Labute approximate surface area is 170 Å². The Kier molecular flexibility index (Phi) is 5.69. The molecule has 0 aromatic heterocycles. The number of piperazine rings is 1. The summed E-state index contributed by atoms with van der Waals surface area (Å²) >= 11 is 0. The largest absolute Gasteiger partial charge is 0.485 e. The first kappa shape index (κ1) is 19.7. The Morgan fingerprint density at radius 3 is 2.79 bits per heavy atom. The first-order valence-electron chi connectivity index (χ1n) is 9.94. The molecule has 29 heavy (non-hydrogen) atoms. The Balaban J connectivity index is 1.29. The fourth-order valence-electron chi connectivity index (χ4n) is 3.78. The minimum Gasteiger partial charge on any atom is -0.485 e. The molecule has 0 spiro atoms. The number of para-hydroxylation sites is 2. The number of hydrogen-bond donors (Lipinski definition) is 2. The second-order valence-corrected chi connectivity index (χ2v) is 7.72. The summed E-state index contributed by atoms with van der Waals surface area (Å²) in [6, 6.07) is 13.4. The number of halogens is 1. The lowest BCUT2D eigenvalue weighted by Gasteiger charge is -2.45. The van der Waals surface area contributed by atoms with Gasteiger partial charge in [-0.25, -0.2) is 4.39 Å². The van der Waals surface area contributed by atoms with Gasteiger partial charge in [-0.1, -0.05) is 12.1 Å². The number of benzene rings is 2. The number of carbonyl (C=O) groups is 1. The number of rotatable bonds is 5. The average Bonchev–Trinajstić information content (AvgIpc) is 2.74. The minimum absolute atomic E-state index is 0.109. The molecule has 1 fully saturated rings. The van der Waals surface area contributed by atoms with E-state index in [0.29, 0.717) is 18.7 Å². The van der Waals surface area contributed by atoms with Crippen molar-refractivity contribution in [2.45, 2.75) is 18.6 Å². The van der Waals surface area contributed by atoms with Crippen LogP contribution in [0.3, 0.4) is 0 Å². The number of hydrogen-bond acceptors (Lipinski definition) is 5. The Morgan fingerprint density at radius 1 is 1.24 bits per heavy atom. The summed E-state index contributed by atoms with van der Waals surface area (Å²) in [5, 5.41) is 6.45. The van der Waals surface area contributed by atoms with Crippen molar-refractivity contribution in [3.8, 4) is 11.5 Å². The number of nitrogens with zero attached hydrogens (tertiary/aromatic N) is 1. The van der Waals surface area contributed by atoms with E-state index in [0.717, 1.165) is 37.7 Å². The van der Waals surface area contributed by atoms with Gasteiger partial charge in [0.05, 0.1) is 6.04 Å². The summed E-state index contributed by atoms with van der Waals surface area (Å²) in [5.74, 6) is 1.01. The van der Waals surface area contributed by atoms with E-state index in [1.807, 2.05) is 24.3 Å². The molecule has 0 aliphatic carbocycles. The smallest absolute Gasteiger partial charge is 0.251 e. The number of nitrogens with one attached hydrogen (secondary N) is 2. The number of carbonyl (C=O) groups excluding carboxylic acids is 1. The van der Waals surface area contributed by atoms with Gasteiger partial charge in [0.1, 0.15) is 12.4 Å². The van der Waals surface area contributed by atoms with Gasteiger partial charge in [0.2, 0.25) is 0 Å². The third-order valence-corrected chi connectivity index (χ3v) is 5.52. The van der Waals surface area contributed by atoms with Crippen molar-refractivity contribution in [1.82, 2.24) is 15.5 Å². The van der Waals surface area contributed by atoms with Crippen LogP contribution in [0.5, 0.6) is 11.5 Å². The first-order valence-corrected chi connectivity index (χ1v) is 9.94. The van der Waals surface area contributed by atoms with Crippen molar-refractivity contribution < 1.29 is 18.7 Å². The standard InChI is InChI=1S/C22H26FN3O3/c1-22(15-28-18-4-2-3-5-19(18)29-22)20-14-26(12-10-24-20)13-11-25-21(27)16-6-8-17(23)9-7-16/h2-9,20,24H,10-15H2,1H3,(H,25,27). The highest BCUT2D eigenvalue weighted by molar-refractivity contribution is 5.94. The van der Waals surface area contributed by atoms with Crippen LogP contribution in [0.1, 0.15) is 17.3 Å². The predicted molar refractivity (Wildman–Crippen MR) is 108 cm³/mol. The highest BCUT2D eigenvalue weighted by Crippen LogP contribution is 2.36. The van der Waals surface area contributed by atoms with Gasteiger partial charge in [-0.3, -0.25) is 9.69 Å². The summed E-state index contributed by atoms with van der Waals surface area (Å²) in [4.78, 5) is 14.5. The average molecular weight is 399 g/mol. The molecular weight excluding hydrogens is 373 g/mol. The molecule has 1 saturated heterocycles. The molecule has 2 aromatic rings. The molecule has 2 aliphatic rings. The molecule has 2 aliphatic heterocycles. The van der Waals surface area contributed by atoms with Gasteiger partial charge in [0.25, 0.3) is 5.91 Å². The monoisotopic (exact) mass is 399 g/mol. The molecule has 2 aromatic carbocycles. The molecule has 7 heteroatoms. The number of fused-ring (bicyclic) bond motifs is 1. The molecular formula is C22H26FN3O3. The van der Waals surface area contributed by atoms with Crippen LogP contribution in [0.15, 0.2) is 48.5 Å². The molecule has 154 valence electrons. The van der Waals surface area contributed by atoms with E-state index in [2.05, 4.69) is 22.5 Å². The SMILES string of the molecule is CC1(C2CN(CCNC(=O)c3ccc(F)cc3)CCN2)COc2ccccc2O1. The zero-order valence-corrected chi connectivity index (χ0v) is 16.5. The normalized spacial score (nSPS) is 24.1. The van der Waals surface area contributed by atoms with Crippen molar-refractivity contribution in [3.63, 3.8) is 0 Å². The Bertz CT molecular complexity index is 861. The van der Waals surface area contributed by atoms with Crippen LogP contribution in [-0.4, -0.2) is 61.8 Å². The van der Waals surface area contributed by atoms with Gasteiger partial charge in [-0.2, -0.15) is 0 Å². The predicted octanol–water partition coefficient (Wildman–Crippen LogP) is 2.06. The molecule has 4 rings (SSSR count). The van der Waals surface area contributed by atoms with Crippen LogP contribution in [0.25, 0.3) is 0 Å². The van der Waals surface area contributed by atoms with Crippen LogP contribution in [0.2, 0.25) is 0 Å². The van der Waals surface area contributed by atoms with Crippen LogP contribution < -0.4 is 20.1 Å².